The van der Waals surface area contributed by atoms with Gasteiger partial charge in [-0.05, 0) is 36.8 Å². The maximum absolute atomic E-state index is 12.1. The first-order chi connectivity index (χ1) is 10.9. The standard InChI is InChI=1S/C15H11Cl2F2NO3/c1-8(9-2-4-10(5-3-9)23-15(18)19)22-14(21)13-11(16)6-7-12(17)20-13/h2-8,15H,1H3. The summed E-state index contributed by atoms with van der Waals surface area (Å²) in [5.74, 6) is -0.722. The molecule has 0 radical (unpaired) electrons. The van der Waals surface area contributed by atoms with E-state index in [9.17, 15) is 13.6 Å². The number of nitrogens with zero attached hydrogens (tertiary/aromatic N) is 1. The summed E-state index contributed by atoms with van der Waals surface area (Å²) >= 11 is 11.6. The van der Waals surface area contributed by atoms with Gasteiger partial charge in [0.05, 0.1) is 5.02 Å². The van der Waals surface area contributed by atoms with Crippen molar-refractivity contribution in [3.63, 3.8) is 0 Å². The van der Waals surface area contributed by atoms with Crippen LogP contribution in [0.3, 0.4) is 0 Å². The predicted octanol–water partition coefficient (Wildman–Crippen LogP) is 4.91. The third kappa shape index (κ3) is 4.77. The molecule has 0 aliphatic heterocycles. The maximum atomic E-state index is 12.1. The fourth-order valence-electron chi connectivity index (χ4n) is 1.77. The van der Waals surface area contributed by atoms with Gasteiger partial charge in [-0.3, -0.25) is 0 Å². The molecule has 0 amide bonds. The van der Waals surface area contributed by atoms with Crippen LogP contribution in [-0.4, -0.2) is 17.6 Å². The minimum absolute atomic E-state index is 0.0156. The SMILES string of the molecule is CC(OC(=O)c1nc(Cl)ccc1Cl)c1ccc(OC(F)F)cc1. The molecule has 0 bridgehead atoms. The van der Waals surface area contributed by atoms with E-state index in [1.54, 1.807) is 6.92 Å². The summed E-state index contributed by atoms with van der Waals surface area (Å²) in [5.41, 5.74) is 0.502. The van der Waals surface area contributed by atoms with E-state index in [1.165, 1.54) is 36.4 Å². The molecule has 0 spiro atoms. The summed E-state index contributed by atoms with van der Waals surface area (Å²) in [6, 6.07) is 8.64. The van der Waals surface area contributed by atoms with Gasteiger partial charge in [-0.25, -0.2) is 9.78 Å². The van der Waals surface area contributed by atoms with Gasteiger partial charge in [0.15, 0.2) is 5.69 Å². The molecule has 1 atom stereocenters. The number of rotatable bonds is 5. The summed E-state index contributed by atoms with van der Waals surface area (Å²) in [6.07, 6.45) is -0.639. The Balaban J connectivity index is 2.07. The normalized spacial score (nSPS) is 12.1. The molecule has 23 heavy (non-hydrogen) atoms. The molecule has 8 heteroatoms. The number of carbonyl (C=O) groups excluding carboxylic acids is 1. The van der Waals surface area contributed by atoms with Crippen molar-refractivity contribution < 1.29 is 23.0 Å². The van der Waals surface area contributed by atoms with Gasteiger partial charge in [0.2, 0.25) is 0 Å². The number of aromatic nitrogens is 1. The Kier molecular flexibility index (Phi) is 5.74. The number of pyridine rings is 1. The van der Waals surface area contributed by atoms with Gasteiger partial charge in [0, 0.05) is 0 Å². The summed E-state index contributed by atoms with van der Waals surface area (Å²) in [5, 5.41) is 0.231. The second-order valence-corrected chi connectivity index (χ2v) is 5.25. The zero-order chi connectivity index (χ0) is 17.0. The summed E-state index contributed by atoms with van der Waals surface area (Å²) in [7, 11) is 0. The molecular weight excluding hydrogens is 351 g/mol. The Morgan fingerprint density at radius 2 is 1.78 bits per heavy atom. The van der Waals surface area contributed by atoms with E-state index < -0.39 is 18.7 Å². The fourth-order valence-corrected chi connectivity index (χ4v) is 2.10. The van der Waals surface area contributed by atoms with Crippen LogP contribution in [0, 0.1) is 0 Å². The highest BCUT2D eigenvalue weighted by Gasteiger charge is 2.18. The second kappa shape index (κ2) is 7.57. The van der Waals surface area contributed by atoms with Crippen molar-refractivity contribution in [2.24, 2.45) is 0 Å². The van der Waals surface area contributed by atoms with E-state index in [-0.39, 0.29) is 21.6 Å². The molecule has 1 unspecified atom stereocenters. The average Bonchev–Trinajstić information content (AvgIpc) is 2.49. The highest BCUT2D eigenvalue weighted by Crippen LogP contribution is 2.24. The Bertz CT molecular complexity index is 696. The van der Waals surface area contributed by atoms with E-state index in [2.05, 4.69) is 9.72 Å². The van der Waals surface area contributed by atoms with E-state index in [0.717, 1.165) is 0 Å². The van der Waals surface area contributed by atoms with Crippen LogP contribution >= 0.6 is 23.2 Å². The Morgan fingerprint density at radius 1 is 1.13 bits per heavy atom. The van der Waals surface area contributed by atoms with E-state index in [0.29, 0.717) is 5.56 Å². The lowest BCUT2D eigenvalue weighted by molar-refractivity contribution is -0.0498. The van der Waals surface area contributed by atoms with Crippen LogP contribution in [0.5, 0.6) is 5.75 Å². The zero-order valence-corrected chi connectivity index (χ0v) is 13.3. The summed E-state index contributed by atoms with van der Waals surface area (Å²) in [4.78, 5) is 15.9. The molecule has 1 heterocycles. The van der Waals surface area contributed by atoms with Crippen LogP contribution in [0.15, 0.2) is 36.4 Å². The van der Waals surface area contributed by atoms with Crippen molar-refractivity contribution in [3.8, 4) is 5.75 Å². The predicted molar refractivity (Wildman–Crippen MR) is 81.2 cm³/mol. The molecule has 0 saturated heterocycles. The van der Waals surface area contributed by atoms with Crippen molar-refractivity contribution in [2.75, 3.05) is 0 Å². The zero-order valence-electron chi connectivity index (χ0n) is 11.8. The van der Waals surface area contributed by atoms with Gasteiger partial charge in [-0.2, -0.15) is 8.78 Å². The minimum Gasteiger partial charge on any atom is -0.453 e. The molecule has 0 aliphatic rings. The third-order valence-corrected chi connectivity index (χ3v) is 3.38. The van der Waals surface area contributed by atoms with Crippen molar-refractivity contribution in [1.82, 2.24) is 4.98 Å². The number of esters is 1. The van der Waals surface area contributed by atoms with E-state index in [4.69, 9.17) is 27.9 Å². The van der Waals surface area contributed by atoms with Gasteiger partial charge < -0.3 is 9.47 Å². The van der Waals surface area contributed by atoms with Crippen LogP contribution < -0.4 is 4.74 Å². The summed E-state index contributed by atoms with van der Waals surface area (Å²) in [6.45, 7) is -1.27. The first kappa shape index (κ1) is 17.4. The highest BCUT2D eigenvalue weighted by molar-refractivity contribution is 6.34. The van der Waals surface area contributed by atoms with E-state index >= 15 is 0 Å². The van der Waals surface area contributed by atoms with Crippen molar-refractivity contribution >= 4 is 29.2 Å². The number of halogens is 4. The smallest absolute Gasteiger partial charge is 0.387 e. The van der Waals surface area contributed by atoms with Gasteiger partial charge in [-0.1, -0.05) is 35.3 Å². The van der Waals surface area contributed by atoms with Crippen LogP contribution in [0.1, 0.15) is 29.1 Å². The first-order valence-corrected chi connectivity index (χ1v) is 7.20. The Hall–Kier alpha value is -1.92. The Morgan fingerprint density at radius 3 is 2.39 bits per heavy atom. The maximum Gasteiger partial charge on any atom is 0.387 e. The molecule has 2 aromatic rings. The minimum atomic E-state index is -2.90. The van der Waals surface area contributed by atoms with Gasteiger partial charge in [0.1, 0.15) is 17.0 Å². The molecule has 4 nitrogen and oxygen atoms in total. The lowest BCUT2D eigenvalue weighted by Crippen LogP contribution is -2.11. The molecule has 122 valence electrons. The number of hydrogen-bond acceptors (Lipinski definition) is 4. The summed E-state index contributed by atoms with van der Waals surface area (Å²) < 4.78 is 33.7. The van der Waals surface area contributed by atoms with Gasteiger partial charge >= 0.3 is 12.6 Å². The number of benzene rings is 1. The van der Waals surface area contributed by atoms with Crippen LogP contribution in [0.2, 0.25) is 10.2 Å². The lowest BCUT2D eigenvalue weighted by atomic mass is 10.1. The van der Waals surface area contributed by atoms with Crippen LogP contribution in [-0.2, 0) is 4.74 Å². The third-order valence-electron chi connectivity index (χ3n) is 2.86. The van der Waals surface area contributed by atoms with E-state index in [1.807, 2.05) is 0 Å². The first-order valence-electron chi connectivity index (χ1n) is 6.44. The van der Waals surface area contributed by atoms with Gasteiger partial charge in [0.25, 0.3) is 0 Å². The van der Waals surface area contributed by atoms with Crippen molar-refractivity contribution in [2.45, 2.75) is 19.6 Å². The molecule has 2 rings (SSSR count). The Labute approximate surface area is 140 Å². The molecular formula is C15H11Cl2F2NO3. The highest BCUT2D eigenvalue weighted by atomic mass is 35.5. The number of alkyl halides is 2. The molecule has 1 aromatic heterocycles. The van der Waals surface area contributed by atoms with Crippen LogP contribution in [0.25, 0.3) is 0 Å². The molecule has 0 saturated carbocycles. The number of carbonyl (C=O) groups is 1. The van der Waals surface area contributed by atoms with Crippen molar-refractivity contribution in [3.05, 3.63) is 57.8 Å². The largest absolute Gasteiger partial charge is 0.453 e. The topological polar surface area (TPSA) is 48.4 Å². The quantitative estimate of drug-likeness (QED) is 0.560. The molecule has 0 N–H and O–H groups in total. The second-order valence-electron chi connectivity index (χ2n) is 4.46. The molecule has 1 aromatic carbocycles. The molecule has 0 aliphatic carbocycles. The van der Waals surface area contributed by atoms with Gasteiger partial charge in [-0.15, -0.1) is 0 Å². The number of hydrogen-bond donors (Lipinski definition) is 0. The van der Waals surface area contributed by atoms with Crippen molar-refractivity contribution in [1.29, 1.82) is 0 Å². The van der Waals surface area contributed by atoms with Crippen LogP contribution in [0.4, 0.5) is 8.78 Å². The fraction of sp³-hybridized carbons (Fsp3) is 0.200. The average molecular weight is 362 g/mol. The lowest BCUT2D eigenvalue weighted by Gasteiger charge is -2.14. The number of ether oxygens (including phenoxy) is 2. The monoisotopic (exact) mass is 361 g/mol. The molecule has 0 fully saturated rings.